The molecule has 3 nitrogen and oxygen atoms in total. The first-order valence-corrected chi connectivity index (χ1v) is 6.85. The summed E-state index contributed by atoms with van der Waals surface area (Å²) in [7, 11) is 2.17. The molecule has 0 aliphatic carbocycles. The van der Waals surface area contributed by atoms with Gasteiger partial charge in [0.05, 0.1) is 39.8 Å². The van der Waals surface area contributed by atoms with Gasteiger partial charge in [0.2, 0.25) is 0 Å². The maximum Gasteiger partial charge on any atom is 0.350 e. The van der Waals surface area contributed by atoms with E-state index in [1.54, 1.807) is 0 Å². The lowest BCUT2D eigenvalue weighted by Crippen LogP contribution is -2.49. The highest BCUT2D eigenvalue weighted by Crippen LogP contribution is 1.99. The summed E-state index contributed by atoms with van der Waals surface area (Å²) in [5.41, 5.74) is 0. The van der Waals surface area contributed by atoms with Crippen LogP contribution in [0.5, 0.6) is 0 Å². The highest BCUT2D eigenvalue weighted by molar-refractivity contribution is 5.75. The number of nitrogens with zero attached hydrogens (tertiary/aromatic N) is 3. The van der Waals surface area contributed by atoms with E-state index in [-0.39, 0.29) is 0 Å². The van der Waals surface area contributed by atoms with Crippen LogP contribution in [0.2, 0.25) is 0 Å². The Labute approximate surface area is 107 Å². The molecule has 0 amide bonds. The van der Waals surface area contributed by atoms with Gasteiger partial charge in [-0.15, -0.1) is 0 Å². The zero-order chi connectivity index (χ0) is 13.3. The van der Waals surface area contributed by atoms with Gasteiger partial charge in [0.1, 0.15) is 0 Å². The zero-order valence-electron chi connectivity index (χ0n) is 12.5. The summed E-state index contributed by atoms with van der Waals surface area (Å²) in [5, 5.41) is 0. The van der Waals surface area contributed by atoms with Gasteiger partial charge >= 0.3 is 5.96 Å². The number of allylic oxidation sites excluding steroid dienone is 1. The standard InChI is InChI=1S/C14H30N3/c1-7-12-13-15(6)14(16(8-2)9-3)17(10-4)11-5/h7,12H,8-11,13H2,1-6H3/q+1/b12-7+. The molecule has 0 N–H and O–H groups in total. The first-order chi connectivity index (χ1) is 8.15. The van der Waals surface area contributed by atoms with Crippen molar-refractivity contribution < 1.29 is 4.58 Å². The topological polar surface area (TPSA) is 9.49 Å². The van der Waals surface area contributed by atoms with Crippen molar-refractivity contribution in [3.8, 4) is 0 Å². The molecule has 0 aromatic rings. The average Bonchev–Trinajstić information content (AvgIpc) is 2.36. The summed E-state index contributed by atoms with van der Waals surface area (Å²) in [4.78, 5) is 4.85. The van der Waals surface area contributed by atoms with Crippen molar-refractivity contribution in [2.45, 2.75) is 34.6 Å². The number of rotatable bonds is 6. The Morgan fingerprint density at radius 1 is 0.941 bits per heavy atom. The van der Waals surface area contributed by atoms with Gasteiger partial charge in [-0.3, -0.25) is 14.4 Å². The van der Waals surface area contributed by atoms with Gasteiger partial charge in [0.15, 0.2) is 0 Å². The third-order valence-corrected chi connectivity index (χ3v) is 3.05. The smallest absolute Gasteiger partial charge is 0.265 e. The van der Waals surface area contributed by atoms with Crippen LogP contribution in [0.15, 0.2) is 12.2 Å². The SMILES string of the molecule is C/C=C/C[N+](C)=C(N(CC)CC)N(CC)CC. The van der Waals surface area contributed by atoms with E-state index in [2.05, 4.69) is 68.2 Å². The number of hydrogen-bond donors (Lipinski definition) is 0. The summed E-state index contributed by atoms with van der Waals surface area (Å²) >= 11 is 0. The van der Waals surface area contributed by atoms with Gasteiger partial charge in [-0.1, -0.05) is 12.2 Å². The van der Waals surface area contributed by atoms with Crippen LogP contribution in [0, 0.1) is 0 Å². The fraction of sp³-hybridized carbons (Fsp3) is 0.786. The Hall–Kier alpha value is -0.990. The number of guanidine groups is 1. The molecular formula is C14H30N3+. The van der Waals surface area contributed by atoms with E-state index < -0.39 is 0 Å². The highest BCUT2D eigenvalue weighted by Gasteiger charge is 2.23. The average molecular weight is 240 g/mol. The van der Waals surface area contributed by atoms with E-state index in [0.717, 1.165) is 32.7 Å². The molecule has 17 heavy (non-hydrogen) atoms. The largest absolute Gasteiger partial charge is 0.350 e. The predicted octanol–water partition coefficient (Wildman–Crippen LogP) is 2.24. The predicted molar refractivity (Wildman–Crippen MR) is 76.7 cm³/mol. The lowest BCUT2D eigenvalue weighted by Gasteiger charge is -2.27. The maximum atomic E-state index is 2.43. The van der Waals surface area contributed by atoms with Crippen molar-refractivity contribution >= 4 is 5.96 Å². The number of likely N-dealkylation sites (N-methyl/N-ethyl adjacent to an activating group) is 1. The van der Waals surface area contributed by atoms with Crippen LogP contribution in [0.4, 0.5) is 0 Å². The van der Waals surface area contributed by atoms with Crippen molar-refractivity contribution in [2.24, 2.45) is 0 Å². The van der Waals surface area contributed by atoms with E-state index in [4.69, 9.17) is 0 Å². The van der Waals surface area contributed by atoms with Gasteiger partial charge in [-0.05, 0) is 34.6 Å². The van der Waals surface area contributed by atoms with Crippen molar-refractivity contribution in [3.05, 3.63) is 12.2 Å². The lowest BCUT2D eigenvalue weighted by molar-refractivity contribution is -0.497. The van der Waals surface area contributed by atoms with Crippen LogP contribution < -0.4 is 0 Å². The molecule has 0 radical (unpaired) electrons. The molecule has 0 saturated heterocycles. The van der Waals surface area contributed by atoms with E-state index >= 15 is 0 Å². The summed E-state index contributed by atoms with van der Waals surface area (Å²) in [6.07, 6.45) is 4.31. The molecule has 0 bridgehead atoms. The molecule has 0 rings (SSSR count). The van der Waals surface area contributed by atoms with E-state index in [9.17, 15) is 0 Å². The van der Waals surface area contributed by atoms with Crippen molar-refractivity contribution in [1.82, 2.24) is 9.80 Å². The molecule has 0 spiro atoms. The summed E-state index contributed by atoms with van der Waals surface area (Å²) in [5.74, 6) is 1.35. The minimum Gasteiger partial charge on any atom is -0.265 e. The van der Waals surface area contributed by atoms with Gasteiger partial charge < -0.3 is 0 Å². The monoisotopic (exact) mass is 240 g/mol. The van der Waals surface area contributed by atoms with Gasteiger partial charge in [-0.25, -0.2) is 0 Å². The minimum atomic E-state index is 0.971. The Morgan fingerprint density at radius 3 is 1.65 bits per heavy atom. The molecule has 0 aliphatic rings. The van der Waals surface area contributed by atoms with Gasteiger partial charge in [0.25, 0.3) is 0 Å². The molecule has 0 unspecified atom stereocenters. The summed E-state index contributed by atoms with van der Waals surface area (Å²) in [6, 6.07) is 0. The van der Waals surface area contributed by atoms with Crippen LogP contribution in [0.1, 0.15) is 34.6 Å². The molecule has 0 fully saturated rings. The van der Waals surface area contributed by atoms with E-state index in [1.807, 2.05) is 0 Å². The minimum absolute atomic E-state index is 0.971. The van der Waals surface area contributed by atoms with Gasteiger partial charge in [0, 0.05) is 0 Å². The maximum absolute atomic E-state index is 2.43. The quantitative estimate of drug-likeness (QED) is 0.305. The second kappa shape index (κ2) is 9.08. The fourth-order valence-corrected chi connectivity index (χ4v) is 2.04. The molecule has 0 heterocycles. The number of hydrogen-bond acceptors (Lipinski definition) is 0. The van der Waals surface area contributed by atoms with Crippen molar-refractivity contribution in [1.29, 1.82) is 0 Å². The molecule has 0 atom stereocenters. The highest BCUT2D eigenvalue weighted by atomic mass is 15.4. The molecule has 0 aromatic carbocycles. The molecular weight excluding hydrogens is 210 g/mol. The lowest BCUT2D eigenvalue weighted by atomic mass is 10.4. The molecule has 100 valence electrons. The molecule has 0 aromatic heterocycles. The normalized spacial score (nSPS) is 10.7. The first kappa shape index (κ1) is 16.0. The Balaban J connectivity index is 5.18. The Bertz CT molecular complexity index is 234. The second-order valence-electron chi connectivity index (χ2n) is 4.09. The molecule has 3 heteroatoms. The fourth-order valence-electron chi connectivity index (χ4n) is 2.04. The zero-order valence-corrected chi connectivity index (χ0v) is 12.5. The third kappa shape index (κ3) is 4.80. The third-order valence-electron chi connectivity index (χ3n) is 3.05. The molecule has 0 saturated carbocycles. The Morgan fingerprint density at radius 2 is 1.35 bits per heavy atom. The van der Waals surface area contributed by atoms with Crippen molar-refractivity contribution in [3.63, 3.8) is 0 Å². The van der Waals surface area contributed by atoms with Crippen molar-refractivity contribution in [2.75, 3.05) is 39.8 Å². The molecule has 0 aliphatic heterocycles. The van der Waals surface area contributed by atoms with Crippen LogP contribution in [0.25, 0.3) is 0 Å². The van der Waals surface area contributed by atoms with Crippen LogP contribution in [-0.4, -0.2) is 60.1 Å². The van der Waals surface area contributed by atoms with E-state index in [0.29, 0.717) is 0 Å². The van der Waals surface area contributed by atoms with Crippen LogP contribution >= 0.6 is 0 Å². The first-order valence-electron chi connectivity index (χ1n) is 6.85. The van der Waals surface area contributed by atoms with Crippen LogP contribution in [-0.2, 0) is 0 Å². The van der Waals surface area contributed by atoms with E-state index in [1.165, 1.54) is 5.96 Å². The van der Waals surface area contributed by atoms with Crippen LogP contribution in [0.3, 0.4) is 0 Å². The summed E-state index contributed by atoms with van der Waals surface area (Å²) < 4.78 is 2.33. The summed E-state index contributed by atoms with van der Waals surface area (Å²) in [6.45, 7) is 16.2. The van der Waals surface area contributed by atoms with Gasteiger partial charge in [-0.2, -0.15) is 0 Å². The Kier molecular flexibility index (Phi) is 8.55. The second-order valence-corrected chi connectivity index (χ2v) is 4.09.